The summed E-state index contributed by atoms with van der Waals surface area (Å²) in [6.07, 6.45) is 4.34. The molecule has 4 heteroatoms. The number of hydrogen-bond donors (Lipinski definition) is 1. The summed E-state index contributed by atoms with van der Waals surface area (Å²) in [6.45, 7) is 1.12. The number of aliphatic imine (C=N–C) groups is 1. The van der Waals surface area contributed by atoms with E-state index < -0.39 is 0 Å². The number of nitrogens with one attached hydrogen (secondary N) is 1. The second-order valence-corrected chi connectivity index (χ2v) is 4.85. The normalized spacial score (nSPS) is 16.5. The second kappa shape index (κ2) is 5.87. The maximum Gasteiger partial charge on any atom is 0.297 e. The molecule has 0 aromatic heterocycles. The Morgan fingerprint density at radius 2 is 2.12 bits per heavy atom. The summed E-state index contributed by atoms with van der Waals surface area (Å²) >= 11 is 1.65. The fourth-order valence-corrected chi connectivity index (χ4v) is 2.24. The van der Waals surface area contributed by atoms with Crippen molar-refractivity contribution in [2.45, 2.75) is 12.8 Å². The van der Waals surface area contributed by atoms with E-state index in [0.717, 1.165) is 23.8 Å². The molecule has 1 aromatic carbocycles. The van der Waals surface area contributed by atoms with Gasteiger partial charge in [-0.1, -0.05) is 30.0 Å². The van der Waals surface area contributed by atoms with Crippen LogP contribution in [0.15, 0.2) is 35.3 Å². The molecule has 0 saturated carbocycles. The van der Waals surface area contributed by atoms with E-state index in [4.69, 9.17) is 0 Å². The topological polar surface area (TPSA) is 27.4 Å². The van der Waals surface area contributed by atoms with Crippen LogP contribution < -0.4 is 5.32 Å². The Kier molecular flexibility index (Phi) is 4.20. The lowest BCUT2D eigenvalue weighted by atomic mass is 10.3. The van der Waals surface area contributed by atoms with E-state index in [-0.39, 0.29) is 0 Å². The second-order valence-electron chi connectivity index (χ2n) is 4.05. The molecule has 90 valence electrons. The predicted octanol–water partition coefficient (Wildman–Crippen LogP) is 2.65. The lowest BCUT2D eigenvalue weighted by Gasteiger charge is -2.02. The van der Waals surface area contributed by atoms with Crippen molar-refractivity contribution in [1.82, 2.24) is 0 Å². The van der Waals surface area contributed by atoms with Gasteiger partial charge in [0.05, 0.1) is 20.0 Å². The number of benzene rings is 1. The van der Waals surface area contributed by atoms with Gasteiger partial charge in [0.15, 0.2) is 0 Å². The summed E-state index contributed by atoms with van der Waals surface area (Å²) in [4.78, 5) is 4.68. The lowest BCUT2D eigenvalue weighted by Crippen LogP contribution is -2.13. The van der Waals surface area contributed by atoms with Crippen LogP contribution in [0.25, 0.3) is 0 Å². The van der Waals surface area contributed by atoms with Gasteiger partial charge in [0.2, 0.25) is 0 Å². The van der Waals surface area contributed by atoms with Gasteiger partial charge in [0, 0.05) is 5.69 Å². The van der Waals surface area contributed by atoms with Crippen molar-refractivity contribution in [3.05, 3.63) is 30.3 Å². The first-order chi connectivity index (χ1) is 8.29. The van der Waals surface area contributed by atoms with Gasteiger partial charge in [-0.3, -0.25) is 4.58 Å². The first-order valence-corrected chi connectivity index (χ1v) is 7.04. The molecule has 0 spiro atoms. The molecule has 0 radical (unpaired) electrons. The number of nitrogens with zero attached hydrogens (tertiary/aromatic N) is 2. The van der Waals surface area contributed by atoms with E-state index >= 15 is 0 Å². The Bertz CT molecular complexity index is 437. The molecular formula is C13H18N3S+. The molecule has 0 saturated heterocycles. The van der Waals surface area contributed by atoms with Crippen molar-refractivity contribution in [2.24, 2.45) is 4.99 Å². The molecule has 0 fully saturated rings. The van der Waals surface area contributed by atoms with Crippen LogP contribution in [-0.4, -0.2) is 35.4 Å². The minimum atomic E-state index is 0.958. The highest BCUT2D eigenvalue weighted by atomic mass is 32.2. The number of thioether (sulfide) groups is 1. The van der Waals surface area contributed by atoms with Gasteiger partial charge in [-0.25, -0.2) is 0 Å². The summed E-state index contributed by atoms with van der Waals surface area (Å²) in [7, 11) is 2.10. The van der Waals surface area contributed by atoms with Crippen molar-refractivity contribution in [1.29, 1.82) is 0 Å². The fourth-order valence-electron chi connectivity index (χ4n) is 1.82. The van der Waals surface area contributed by atoms with Crippen molar-refractivity contribution in [2.75, 3.05) is 25.2 Å². The Labute approximate surface area is 107 Å². The van der Waals surface area contributed by atoms with Crippen LogP contribution in [0.1, 0.15) is 12.8 Å². The van der Waals surface area contributed by atoms with Crippen LogP contribution in [0.2, 0.25) is 0 Å². The first-order valence-electron chi connectivity index (χ1n) is 5.81. The van der Waals surface area contributed by atoms with E-state index in [9.17, 15) is 0 Å². The van der Waals surface area contributed by atoms with E-state index in [1.165, 1.54) is 12.3 Å². The number of para-hydroxylation sites is 1. The molecular weight excluding hydrogens is 230 g/mol. The molecule has 1 heterocycles. The summed E-state index contributed by atoms with van der Waals surface area (Å²) in [5.74, 6) is 1.18. The summed E-state index contributed by atoms with van der Waals surface area (Å²) in [6, 6.07) is 10.2. The molecule has 0 aliphatic carbocycles. The molecule has 0 unspecified atom stereocenters. The smallest absolute Gasteiger partial charge is 0.297 e. The predicted molar refractivity (Wildman–Crippen MR) is 76.3 cm³/mol. The summed E-state index contributed by atoms with van der Waals surface area (Å²) < 4.78 is 2.23. The minimum Gasteiger partial charge on any atom is -0.314 e. The zero-order valence-electron chi connectivity index (χ0n) is 10.3. The number of hydrogen-bond acceptors (Lipinski definition) is 2. The Morgan fingerprint density at radius 3 is 2.71 bits per heavy atom. The largest absolute Gasteiger partial charge is 0.314 e. The van der Waals surface area contributed by atoms with Gasteiger partial charge in [-0.05, 0) is 29.8 Å². The van der Waals surface area contributed by atoms with E-state index in [1.807, 2.05) is 24.5 Å². The van der Waals surface area contributed by atoms with Crippen molar-refractivity contribution in [3.63, 3.8) is 0 Å². The molecule has 3 nitrogen and oxygen atoms in total. The van der Waals surface area contributed by atoms with Crippen LogP contribution >= 0.6 is 11.8 Å². The molecule has 0 bridgehead atoms. The highest BCUT2D eigenvalue weighted by Crippen LogP contribution is 2.11. The number of anilines is 1. The number of rotatable bonds is 1. The maximum absolute atomic E-state index is 4.68. The molecule has 0 atom stereocenters. The molecule has 1 aliphatic heterocycles. The maximum atomic E-state index is 4.68. The number of amidine groups is 2. The molecule has 2 rings (SSSR count). The molecule has 17 heavy (non-hydrogen) atoms. The molecule has 0 amide bonds. The quantitative estimate of drug-likeness (QED) is 0.470. The third-order valence-electron chi connectivity index (χ3n) is 2.78. The van der Waals surface area contributed by atoms with Gasteiger partial charge in [0.1, 0.15) is 0 Å². The van der Waals surface area contributed by atoms with E-state index in [2.05, 4.69) is 34.1 Å². The summed E-state index contributed by atoms with van der Waals surface area (Å²) in [5, 5.41) is 4.30. The average molecular weight is 248 g/mol. The van der Waals surface area contributed by atoms with E-state index in [1.54, 1.807) is 11.8 Å². The van der Waals surface area contributed by atoms with Gasteiger partial charge >= 0.3 is 0 Å². The summed E-state index contributed by atoms with van der Waals surface area (Å²) in [5.41, 5.74) is 1.09. The molecule has 1 N–H and O–H groups in total. The lowest BCUT2D eigenvalue weighted by molar-refractivity contribution is -0.489. The van der Waals surface area contributed by atoms with Gasteiger partial charge < -0.3 is 5.32 Å². The van der Waals surface area contributed by atoms with Crippen molar-refractivity contribution < 1.29 is 4.58 Å². The van der Waals surface area contributed by atoms with Gasteiger partial charge in [-0.15, -0.1) is 0 Å². The third kappa shape index (κ3) is 3.33. The van der Waals surface area contributed by atoms with Crippen LogP contribution in [-0.2, 0) is 0 Å². The molecule has 1 aromatic rings. The van der Waals surface area contributed by atoms with Crippen molar-refractivity contribution in [3.8, 4) is 0 Å². The van der Waals surface area contributed by atoms with Crippen LogP contribution in [0.5, 0.6) is 0 Å². The molecule has 1 aliphatic rings. The zero-order chi connectivity index (χ0) is 12.1. The Morgan fingerprint density at radius 1 is 1.35 bits per heavy atom. The Balaban J connectivity index is 2.12. The van der Waals surface area contributed by atoms with Gasteiger partial charge in [0.25, 0.3) is 11.0 Å². The minimum absolute atomic E-state index is 0.958. The van der Waals surface area contributed by atoms with Crippen LogP contribution in [0, 0.1) is 0 Å². The fraction of sp³-hybridized carbons (Fsp3) is 0.385. The highest BCUT2D eigenvalue weighted by Gasteiger charge is 2.19. The van der Waals surface area contributed by atoms with Crippen LogP contribution in [0.3, 0.4) is 0 Å². The average Bonchev–Trinajstić information content (AvgIpc) is 2.75. The van der Waals surface area contributed by atoms with Gasteiger partial charge in [-0.2, -0.15) is 0 Å². The van der Waals surface area contributed by atoms with Crippen molar-refractivity contribution >= 4 is 28.5 Å². The highest BCUT2D eigenvalue weighted by molar-refractivity contribution is 8.13. The standard InChI is InChI=1S/C13H17N3S/c1-16-10-6-9-12(16)15-13(17-2)14-11-7-4-3-5-8-11/h3-5,7-8H,6,9-10H2,1-2H3/p+1. The monoisotopic (exact) mass is 248 g/mol. The first kappa shape index (κ1) is 12.2. The van der Waals surface area contributed by atoms with E-state index in [0.29, 0.717) is 0 Å². The zero-order valence-corrected chi connectivity index (χ0v) is 11.1. The Hall–Kier alpha value is -1.29. The third-order valence-corrected chi connectivity index (χ3v) is 3.36. The SMILES string of the molecule is CSC(=NC1=[N+](C)CCC1)Nc1ccccc1. The van der Waals surface area contributed by atoms with Crippen LogP contribution in [0.4, 0.5) is 5.69 Å².